The highest BCUT2D eigenvalue weighted by molar-refractivity contribution is 14.0. The van der Waals surface area contributed by atoms with E-state index in [-0.39, 0.29) is 35.9 Å². The van der Waals surface area contributed by atoms with Gasteiger partial charge < -0.3 is 16.0 Å². The fraction of sp³-hybridized carbons (Fsp3) is 0.619. The van der Waals surface area contributed by atoms with E-state index in [0.717, 1.165) is 31.0 Å². The summed E-state index contributed by atoms with van der Waals surface area (Å²) >= 11 is 2.05. The van der Waals surface area contributed by atoms with Gasteiger partial charge in [-0.3, -0.25) is 4.79 Å². The second-order valence-corrected chi connectivity index (χ2v) is 9.11. The number of nitrogens with one attached hydrogen (secondary N) is 3. The zero-order chi connectivity index (χ0) is 19.7. The van der Waals surface area contributed by atoms with E-state index in [9.17, 15) is 4.79 Å². The predicted molar refractivity (Wildman–Crippen MR) is 132 cm³/mol. The number of thioether (sulfide) groups is 1. The largest absolute Gasteiger partial charge is 0.357 e. The van der Waals surface area contributed by atoms with Crippen molar-refractivity contribution in [1.29, 1.82) is 0 Å². The van der Waals surface area contributed by atoms with Crippen molar-refractivity contribution in [2.24, 2.45) is 4.99 Å². The van der Waals surface area contributed by atoms with Crippen LogP contribution in [0.15, 0.2) is 29.3 Å². The lowest BCUT2D eigenvalue weighted by molar-refractivity contribution is 0.0939. The number of carbonyl (C=O) groups is 1. The van der Waals surface area contributed by atoms with E-state index in [1.54, 1.807) is 0 Å². The second kappa shape index (κ2) is 12.6. The predicted octanol–water partition coefficient (Wildman–Crippen LogP) is 4.17. The van der Waals surface area contributed by atoms with Crippen molar-refractivity contribution in [2.75, 3.05) is 18.8 Å². The van der Waals surface area contributed by atoms with Crippen LogP contribution in [0, 0.1) is 0 Å². The van der Waals surface area contributed by atoms with Crippen molar-refractivity contribution in [3.63, 3.8) is 0 Å². The molecular formula is C21H35IN4OS. The Morgan fingerprint density at radius 2 is 1.96 bits per heavy atom. The summed E-state index contributed by atoms with van der Waals surface area (Å²) in [5.74, 6) is 2.09. The number of carbonyl (C=O) groups excluding carboxylic acids is 1. The van der Waals surface area contributed by atoms with Crippen LogP contribution in [-0.2, 0) is 6.54 Å². The summed E-state index contributed by atoms with van der Waals surface area (Å²) in [5.41, 5.74) is 1.79. The van der Waals surface area contributed by atoms with E-state index >= 15 is 0 Å². The standard InChI is InChI=1S/C21H34N4OS.HI/c1-5-16(3)25-19(26)18-10-8-17(9-11-18)14-23-20(22-6-2)24-15-21(4)12-7-13-27-21;/h8-11,16H,5-7,12-15H2,1-4H3,(H,25,26)(H2,22,23,24);1H. The molecule has 0 radical (unpaired) electrons. The second-order valence-electron chi connectivity index (χ2n) is 7.43. The summed E-state index contributed by atoms with van der Waals surface area (Å²) in [4.78, 5) is 16.9. The minimum Gasteiger partial charge on any atom is -0.357 e. The van der Waals surface area contributed by atoms with Gasteiger partial charge in [0.1, 0.15) is 0 Å². The van der Waals surface area contributed by atoms with Crippen molar-refractivity contribution < 1.29 is 4.79 Å². The maximum atomic E-state index is 12.2. The van der Waals surface area contributed by atoms with Crippen LogP contribution in [0.4, 0.5) is 0 Å². The number of guanidine groups is 1. The first-order chi connectivity index (χ1) is 13.0. The Balaban J connectivity index is 0.00000392. The van der Waals surface area contributed by atoms with Gasteiger partial charge in [-0.25, -0.2) is 4.99 Å². The molecule has 2 rings (SSSR count). The molecule has 1 fully saturated rings. The molecule has 158 valence electrons. The number of amides is 1. The van der Waals surface area contributed by atoms with E-state index in [2.05, 4.69) is 36.7 Å². The zero-order valence-corrected chi connectivity index (χ0v) is 20.7. The Labute approximate surface area is 191 Å². The molecule has 1 saturated heterocycles. The minimum atomic E-state index is -0.0169. The molecule has 1 heterocycles. The van der Waals surface area contributed by atoms with Gasteiger partial charge in [0.2, 0.25) is 0 Å². The number of hydrogen-bond acceptors (Lipinski definition) is 3. The van der Waals surface area contributed by atoms with Crippen molar-refractivity contribution in [3.8, 4) is 0 Å². The fourth-order valence-corrected chi connectivity index (χ4v) is 4.17. The Morgan fingerprint density at radius 3 is 2.54 bits per heavy atom. The third-order valence-corrected chi connectivity index (χ3v) is 6.44. The number of rotatable bonds is 8. The molecule has 0 saturated carbocycles. The molecule has 0 bridgehead atoms. The highest BCUT2D eigenvalue weighted by atomic mass is 127. The van der Waals surface area contributed by atoms with Crippen LogP contribution in [0.25, 0.3) is 0 Å². The van der Waals surface area contributed by atoms with Gasteiger partial charge >= 0.3 is 0 Å². The Kier molecular flexibility index (Phi) is 11.3. The number of aliphatic imine (C=N–C) groups is 1. The van der Waals surface area contributed by atoms with Gasteiger partial charge in [-0.2, -0.15) is 11.8 Å². The fourth-order valence-electron chi connectivity index (χ4n) is 2.93. The molecule has 1 aromatic carbocycles. The van der Waals surface area contributed by atoms with Gasteiger partial charge in [0, 0.05) is 29.4 Å². The molecular weight excluding hydrogens is 483 g/mol. The smallest absolute Gasteiger partial charge is 0.251 e. The van der Waals surface area contributed by atoms with Gasteiger partial charge in [-0.1, -0.05) is 19.1 Å². The van der Waals surface area contributed by atoms with Gasteiger partial charge in [-0.05, 0) is 63.5 Å². The molecule has 1 aliphatic rings. The molecule has 0 aromatic heterocycles. The molecule has 1 aliphatic heterocycles. The summed E-state index contributed by atoms with van der Waals surface area (Å²) in [5, 5.41) is 9.79. The summed E-state index contributed by atoms with van der Waals surface area (Å²) in [6, 6.07) is 7.90. The van der Waals surface area contributed by atoms with E-state index in [4.69, 9.17) is 4.99 Å². The molecule has 0 aliphatic carbocycles. The van der Waals surface area contributed by atoms with Crippen LogP contribution in [-0.4, -0.2) is 41.5 Å². The molecule has 1 aromatic rings. The average Bonchev–Trinajstić information content (AvgIpc) is 3.11. The number of benzene rings is 1. The summed E-state index contributed by atoms with van der Waals surface area (Å²) in [6.07, 6.45) is 3.48. The quantitative estimate of drug-likeness (QED) is 0.275. The van der Waals surface area contributed by atoms with E-state index < -0.39 is 0 Å². The summed E-state index contributed by atoms with van der Waals surface area (Å²) in [6.45, 7) is 10.8. The van der Waals surface area contributed by atoms with E-state index in [1.165, 1.54) is 18.6 Å². The highest BCUT2D eigenvalue weighted by Crippen LogP contribution is 2.36. The van der Waals surface area contributed by atoms with Crippen LogP contribution < -0.4 is 16.0 Å². The molecule has 3 N–H and O–H groups in total. The van der Waals surface area contributed by atoms with Crippen molar-refractivity contribution in [2.45, 2.75) is 64.3 Å². The molecule has 5 nitrogen and oxygen atoms in total. The highest BCUT2D eigenvalue weighted by Gasteiger charge is 2.29. The van der Waals surface area contributed by atoms with E-state index in [0.29, 0.717) is 16.9 Å². The Morgan fingerprint density at radius 1 is 1.25 bits per heavy atom. The maximum absolute atomic E-state index is 12.2. The Hall–Kier alpha value is -0.960. The van der Waals surface area contributed by atoms with Crippen LogP contribution in [0.5, 0.6) is 0 Å². The van der Waals surface area contributed by atoms with Gasteiger partial charge in [-0.15, -0.1) is 24.0 Å². The van der Waals surface area contributed by atoms with Crippen LogP contribution in [0.3, 0.4) is 0 Å². The van der Waals surface area contributed by atoms with E-state index in [1.807, 2.05) is 43.0 Å². The summed E-state index contributed by atoms with van der Waals surface area (Å²) in [7, 11) is 0. The van der Waals surface area contributed by atoms with Crippen LogP contribution in [0.1, 0.15) is 62.9 Å². The Bertz CT molecular complexity index is 630. The van der Waals surface area contributed by atoms with Crippen molar-refractivity contribution in [1.82, 2.24) is 16.0 Å². The SMILES string of the molecule is CCNC(=NCc1ccc(C(=O)NC(C)CC)cc1)NCC1(C)CCCS1.I. The third kappa shape index (κ3) is 8.19. The topological polar surface area (TPSA) is 65.5 Å². The van der Waals surface area contributed by atoms with Gasteiger partial charge in [0.05, 0.1) is 6.54 Å². The lowest BCUT2D eigenvalue weighted by atomic mass is 10.1. The maximum Gasteiger partial charge on any atom is 0.251 e. The average molecular weight is 519 g/mol. The number of nitrogens with zero attached hydrogens (tertiary/aromatic N) is 1. The molecule has 2 unspecified atom stereocenters. The van der Waals surface area contributed by atoms with Crippen molar-refractivity contribution >= 4 is 47.6 Å². The van der Waals surface area contributed by atoms with Gasteiger partial charge in [0.15, 0.2) is 5.96 Å². The summed E-state index contributed by atoms with van der Waals surface area (Å²) < 4.78 is 0.306. The molecule has 7 heteroatoms. The van der Waals surface area contributed by atoms with Crippen LogP contribution in [0.2, 0.25) is 0 Å². The zero-order valence-electron chi connectivity index (χ0n) is 17.5. The number of hydrogen-bond donors (Lipinski definition) is 3. The molecule has 1 amide bonds. The van der Waals surface area contributed by atoms with Crippen LogP contribution >= 0.6 is 35.7 Å². The lowest BCUT2D eigenvalue weighted by Crippen LogP contribution is -2.43. The van der Waals surface area contributed by atoms with Crippen molar-refractivity contribution in [3.05, 3.63) is 35.4 Å². The normalized spacial score (nSPS) is 20.2. The third-order valence-electron chi connectivity index (χ3n) is 4.90. The lowest BCUT2D eigenvalue weighted by Gasteiger charge is -2.24. The molecule has 0 spiro atoms. The monoisotopic (exact) mass is 518 g/mol. The molecule has 28 heavy (non-hydrogen) atoms. The first-order valence-corrected chi connectivity index (χ1v) is 11.0. The first-order valence-electron chi connectivity index (χ1n) is 10.0. The first kappa shape index (κ1) is 25.1. The minimum absolute atomic E-state index is 0. The van der Waals surface area contributed by atoms with Gasteiger partial charge in [0.25, 0.3) is 5.91 Å². The molecule has 2 atom stereocenters. The number of halogens is 1.